The second-order valence-electron chi connectivity index (χ2n) is 7.76. The van der Waals surface area contributed by atoms with Gasteiger partial charge in [0.1, 0.15) is 12.6 Å². The number of fused-ring (bicyclic) bond motifs is 1. The summed E-state index contributed by atoms with van der Waals surface area (Å²) >= 11 is 1.78. The minimum absolute atomic E-state index is 0.0918. The van der Waals surface area contributed by atoms with Crippen molar-refractivity contribution in [2.24, 2.45) is 0 Å². The lowest BCUT2D eigenvalue weighted by Crippen LogP contribution is -3.12. The van der Waals surface area contributed by atoms with Gasteiger partial charge in [-0.25, -0.2) is 4.79 Å². The van der Waals surface area contributed by atoms with E-state index in [0.717, 1.165) is 19.5 Å². The van der Waals surface area contributed by atoms with Crippen molar-refractivity contribution >= 4 is 17.4 Å². The molecule has 1 aromatic carbocycles. The van der Waals surface area contributed by atoms with Crippen molar-refractivity contribution in [3.05, 3.63) is 57.8 Å². The molecule has 4 nitrogen and oxygen atoms in total. The van der Waals surface area contributed by atoms with Crippen molar-refractivity contribution in [3.63, 3.8) is 0 Å². The van der Waals surface area contributed by atoms with Gasteiger partial charge in [0.15, 0.2) is 0 Å². The summed E-state index contributed by atoms with van der Waals surface area (Å²) < 4.78 is 0. The Labute approximate surface area is 154 Å². The van der Waals surface area contributed by atoms with Gasteiger partial charge in [-0.2, -0.15) is 0 Å². The van der Waals surface area contributed by atoms with Crippen LogP contribution >= 0.6 is 11.3 Å². The van der Waals surface area contributed by atoms with Crippen LogP contribution in [-0.2, 0) is 13.0 Å². The van der Waals surface area contributed by atoms with Gasteiger partial charge in [0.2, 0.25) is 0 Å². The van der Waals surface area contributed by atoms with Gasteiger partial charge in [0, 0.05) is 17.5 Å². The number of benzene rings is 1. The van der Waals surface area contributed by atoms with Crippen LogP contribution in [0.2, 0.25) is 0 Å². The summed E-state index contributed by atoms with van der Waals surface area (Å²) in [5.74, 6) is 0. The highest BCUT2D eigenvalue weighted by molar-refractivity contribution is 7.10. The van der Waals surface area contributed by atoms with E-state index in [1.54, 1.807) is 11.3 Å². The first-order valence-electron chi connectivity index (χ1n) is 8.93. The van der Waals surface area contributed by atoms with E-state index in [1.165, 1.54) is 20.9 Å². The Kier molecular flexibility index (Phi) is 5.45. The fourth-order valence-corrected chi connectivity index (χ4v) is 4.30. The quantitative estimate of drug-likeness (QED) is 0.773. The fraction of sp³-hybridized carbons (Fsp3) is 0.450. The van der Waals surface area contributed by atoms with Crippen LogP contribution in [0.4, 0.5) is 4.79 Å². The van der Waals surface area contributed by atoms with Crippen molar-refractivity contribution in [3.8, 4) is 0 Å². The molecule has 0 bridgehead atoms. The maximum atomic E-state index is 12.2. The van der Waals surface area contributed by atoms with Crippen molar-refractivity contribution in [1.82, 2.24) is 10.6 Å². The minimum atomic E-state index is -0.223. The molecule has 3 rings (SSSR count). The summed E-state index contributed by atoms with van der Waals surface area (Å²) in [5.41, 5.74) is 2.68. The average Bonchev–Trinajstić information content (AvgIpc) is 3.07. The molecule has 0 fully saturated rings. The number of rotatable bonds is 4. The normalized spacial score (nSPS) is 18.3. The van der Waals surface area contributed by atoms with Crippen LogP contribution < -0.4 is 15.5 Å². The zero-order chi connectivity index (χ0) is 17.9. The number of carbonyl (C=O) groups is 1. The number of urea groups is 1. The maximum absolute atomic E-state index is 12.2. The van der Waals surface area contributed by atoms with Gasteiger partial charge in [-0.1, -0.05) is 30.3 Å². The molecule has 2 aromatic rings. The number of quaternary nitrogens is 1. The molecule has 1 aliphatic rings. The van der Waals surface area contributed by atoms with Crippen LogP contribution in [0.15, 0.2) is 41.8 Å². The van der Waals surface area contributed by atoms with E-state index >= 15 is 0 Å². The maximum Gasteiger partial charge on any atom is 0.315 e. The van der Waals surface area contributed by atoms with Crippen LogP contribution in [0.3, 0.4) is 0 Å². The van der Waals surface area contributed by atoms with E-state index < -0.39 is 0 Å². The first-order valence-corrected chi connectivity index (χ1v) is 9.81. The van der Waals surface area contributed by atoms with Gasteiger partial charge in [0.05, 0.1) is 18.0 Å². The number of carbonyl (C=O) groups excluding carboxylic acids is 1. The largest absolute Gasteiger partial charge is 0.334 e. The van der Waals surface area contributed by atoms with E-state index in [-0.39, 0.29) is 11.6 Å². The van der Waals surface area contributed by atoms with Crippen LogP contribution in [0.1, 0.15) is 42.8 Å². The smallest absolute Gasteiger partial charge is 0.315 e. The Balaban J connectivity index is 1.70. The summed E-state index contributed by atoms with van der Waals surface area (Å²) in [4.78, 5) is 15.0. The molecule has 0 spiro atoms. The Bertz CT molecular complexity index is 706. The van der Waals surface area contributed by atoms with Crippen LogP contribution in [-0.4, -0.2) is 24.7 Å². The number of amides is 2. The van der Waals surface area contributed by atoms with Gasteiger partial charge < -0.3 is 15.5 Å². The van der Waals surface area contributed by atoms with Crippen molar-refractivity contribution in [2.45, 2.75) is 45.3 Å². The lowest BCUT2D eigenvalue weighted by molar-refractivity contribution is -0.945. The molecule has 3 N–H and O–H groups in total. The Hall–Kier alpha value is -1.85. The van der Waals surface area contributed by atoms with Gasteiger partial charge in [0.25, 0.3) is 0 Å². The van der Waals surface area contributed by atoms with Gasteiger partial charge >= 0.3 is 6.03 Å². The molecule has 25 heavy (non-hydrogen) atoms. The predicted octanol–water partition coefficient (Wildman–Crippen LogP) is 2.53. The third-order valence-electron chi connectivity index (χ3n) is 4.59. The number of nitrogens with one attached hydrogen (secondary N) is 3. The minimum Gasteiger partial charge on any atom is -0.334 e. The Morgan fingerprint density at radius 2 is 1.96 bits per heavy atom. The molecule has 0 radical (unpaired) electrons. The third kappa shape index (κ3) is 4.83. The standard InChI is InChI=1S/C20H27N3OS/c1-20(2,3)22-19(24)21-13-17(18-9-6-12-25-18)23-11-10-15-7-4-5-8-16(15)14-23/h4-9,12,17H,10-11,13-14H2,1-3H3,(H2,21,22,24)/p+1/t17-/m0/s1. The van der Waals surface area contributed by atoms with Crippen molar-refractivity contribution in [2.75, 3.05) is 13.1 Å². The molecule has 0 saturated carbocycles. The molecule has 1 aromatic heterocycles. The molecule has 2 amide bonds. The first kappa shape index (κ1) is 18.0. The molecule has 134 valence electrons. The lowest BCUT2D eigenvalue weighted by atomic mass is 9.98. The summed E-state index contributed by atoms with van der Waals surface area (Å²) in [5, 5.41) is 8.19. The fourth-order valence-electron chi connectivity index (χ4n) is 3.41. The van der Waals surface area contributed by atoms with Gasteiger partial charge in [-0.15, -0.1) is 11.3 Å². The summed E-state index contributed by atoms with van der Waals surface area (Å²) in [6.45, 7) is 8.76. The zero-order valence-corrected chi connectivity index (χ0v) is 16.1. The molecule has 1 unspecified atom stereocenters. The first-order chi connectivity index (χ1) is 11.9. The summed E-state index contributed by atoms with van der Waals surface area (Å²) in [6.07, 6.45) is 1.10. The molecule has 0 saturated heterocycles. The lowest BCUT2D eigenvalue weighted by Gasteiger charge is -2.32. The highest BCUT2D eigenvalue weighted by Crippen LogP contribution is 2.19. The van der Waals surface area contributed by atoms with E-state index in [9.17, 15) is 4.79 Å². The second kappa shape index (κ2) is 7.58. The highest BCUT2D eigenvalue weighted by Gasteiger charge is 2.29. The molecule has 5 heteroatoms. The predicted molar refractivity (Wildman–Crippen MR) is 103 cm³/mol. The topological polar surface area (TPSA) is 45.6 Å². The van der Waals surface area contributed by atoms with Crippen LogP contribution in [0.5, 0.6) is 0 Å². The van der Waals surface area contributed by atoms with Gasteiger partial charge in [-0.3, -0.25) is 0 Å². The van der Waals surface area contributed by atoms with E-state index in [2.05, 4.69) is 52.4 Å². The number of hydrogen-bond donors (Lipinski definition) is 3. The van der Waals surface area contributed by atoms with Crippen LogP contribution in [0.25, 0.3) is 0 Å². The molecule has 2 heterocycles. The zero-order valence-electron chi connectivity index (χ0n) is 15.3. The van der Waals surface area contributed by atoms with Crippen molar-refractivity contribution < 1.29 is 9.69 Å². The summed E-state index contributed by atoms with van der Waals surface area (Å²) in [7, 11) is 0. The highest BCUT2D eigenvalue weighted by atomic mass is 32.1. The molecule has 0 aliphatic carbocycles. The Morgan fingerprint density at radius 1 is 1.20 bits per heavy atom. The molecular weight excluding hydrogens is 330 g/mol. The molecular formula is C20H28N3OS+. The van der Waals surface area contributed by atoms with Crippen molar-refractivity contribution in [1.29, 1.82) is 0 Å². The third-order valence-corrected chi connectivity index (χ3v) is 5.57. The van der Waals surface area contributed by atoms with Crippen LogP contribution in [0, 0.1) is 0 Å². The SMILES string of the molecule is CC(C)(C)NC(=O)NC[C@@H](c1cccs1)[NH+]1CCc2ccccc2C1. The van der Waals surface area contributed by atoms with E-state index in [0.29, 0.717) is 12.6 Å². The number of thiophene rings is 1. The molecule has 2 atom stereocenters. The number of hydrogen-bond acceptors (Lipinski definition) is 2. The van der Waals surface area contributed by atoms with Gasteiger partial charge in [-0.05, 0) is 37.8 Å². The monoisotopic (exact) mass is 358 g/mol. The Morgan fingerprint density at radius 3 is 2.64 bits per heavy atom. The van der Waals surface area contributed by atoms with E-state index in [1.807, 2.05) is 20.8 Å². The molecule has 1 aliphatic heterocycles. The second-order valence-corrected chi connectivity index (χ2v) is 8.74. The average molecular weight is 359 g/mol. The van der Waals surface area contributed by atoms with E-state index in [4.69, 9.17) is 0 Å². The summed E-state index contributed by atoms with van der Waals surface area (Å²) in [6, 6.07) is 13.2.